The number of aromatic nitrogens is 4. The molecule has 96 heavy (non-hydrogen) atoms. The predicted molar refractivity (Wildman–Crippen MR) is 370 cm³/mol. The Balaban J connectivity index is 0.000000203. The van der Waals surface area contributed by atoms with E-state index in [1.807, 2.05) is 29.2 Å². The van der Waals surface area contributed by atoms with Crippen LogP contribution in [-0.4, -0.2) is 162 Å². The van der Waals surface area contributed by atoms with Gasteiger partial charge >= 0.3 is 24.2 Å². The molecule has 4 aliphatic rings. The third-order valence-electron chi connectivity index (χ3n) is 16.9. The Kier molecular flexibility index (Phi) is 20.7. The molecule has 28 heteroatoms. The quantitative estimate of drug-likeness (QED) is 0.0639. The predicted octanol–water partition coefficient (Wildman–Crippen LogP) is 14.1. The number of piperazine rings is 2. The zero-order valence-corrected chi connectivity index (χ0v) is 57.1. The molecule has 0 saturated carbocycles. The highest BCUT2D eigenvalue weighted by molar-refractivity contribution is 7.23. The van der Waals surface area contributed by atoms with Gasteiger partial charge < -0.3 is 44.7 Å². The third-order valence-corrected chi connectivity index (χ3v) is 19.6. The average molecular weight is 1390 g/mol. The number of halogens is 6. The zero-order chi connectivity index (χ0) is 68.5. The van der Waals surface area contributed by atoms with Crippen LogP contribution in [0.1, 0.15) is 78.4 Å². The first-order chi connectivity index (χ1) is 45.9. The molecule has 0 unspecified atom stereocenters. The lowest BCUT2D eigenvalue weighted by Crippen LogP contribution is -2.50. The van der Waals surface area contributed by atoms with Gasteiger partial charge in [0.1, 0.15) is 80.9 Å². The molecule has 2 atom stereocenters. The monoisotopic (exact) mass is 1390 g/mol. The Labute approximate surface area is 570 Å². The average Bonchev–Trinajstić information content (AvgIpc) is 1.21. The number of likely N-dealkylation sites (tertiary alicyclic amines) is 2. The number of anilines is 4. The number of thiophene rings is 2. The second-order valence-electron chi connectivity index (χ2n) is 25.6. The number of benzene rings is 4. The van der Waals surface area contributed by atoms with E-state index in [9.17, 15) is 24.5 Å². The van der Waals surface area contributed by atoms with E-state index in [1.54, 1.807) is 58.6 Å². The fraction of sp³-hybridized carbons (Fsp3) is 0.412. The van der Waals surface area contributed by atoms with E-state index in [0.717, 1.165) is 87.1 Å². The highest BCUT2D eigenvalue weighted by Crippen LogP contribution is 2.49. The fourth-order valence-corrected chi connectivity index (χ4v) is 15.1. The SMILES string of the molecule is C=CCN1CCC[C@H]1COc1nc(N2CCN(C(=O)OC(C)(C)C)CC2)c2cc(Cl)c(-c3ccc(F)c4sc(NC(=O)OC(C)(C)C)c(C#N)c34)c(F)c2n1.C=CCN1CCC[C@H]1COc1nc(N2CCNCC2)c2cc(Cl)c(-c3ccc(F)c4sc(N)c(C#N)c34)c(F)c2n1. The molecule has 4 aromatic carbocycles. The smallest absolute Gasteiger partial charge is 0.412 e. The first-order valence-electron chi connectivity index (χ1n) is 31.5. The van der Waals surface area contributed by atoms with Crippen LogP contribution in [0.25, 0.3) is 64.2 Å². The second kappa shape index (κ2) is 28.8. The Morgan fingerprint density at radius 3 is 1.62 bits per heavy atom. The molecule has 20 nitrogen and oxygen atoms in total. The van der Waals surface area contributed by atoms with Crippen LogP contribution < -0.4 is 35.6 Å². The molecule has 2 amide bonds. The summed E-state index contributed by atoms with van der Waals surface area (Å²) in [6, 6.07) is 12.7. The van der Waals surface area contributed by atoms with E-state index in [0.29, 0.717) is 74.8 Å². The minimum absolute atomic E-state index is 0.0160. The lowest BCUT2D eigenvalue weighted by atomic mass is 9.97. The summed E-state index contributed by atoms with van der Waals surface area (Å²) >= 11 is 15.5. The maximum absolute atomic E-state index is 17.2. The molecule has 504 valence electrons. The van der Waals surface area contributed by atoms with Crippen molar-refractivity contribution in [2.24, 2.45) is 0 Å². The number of nitrogen functional groups attached to an aromatic ring is 1. The van der Waals surface area contributed by atoms with E-state index < -0.39 is 46.7 Å². The third kappa shape index (κ3) is 14.5. The number of amides is 2. The normalized spacial score (nSPS) is 17.2. The maximum Gasteiger partial charge on any atom is 0.412 e. The second-order valence-corrected chi connectivity index (χ2v) is 28.5. The van der Waals surface area contributed by atoms with Crippen LogP contribution in [0.3, 0.4) is 0 Å². The number of hydrogen-bond donors (Lipinski definition) is 3. The molecule has 8 heterocycles. The molecule has 0 bridgehead atoms. The van der Waals surface area contributed by atoms with Crippen molar-refractivity contribution in [3.63, 3.8) is 0 Å². The first-order valence-corrected chi connectivity index (χ1v) is 33.9. The van der Waals surface area contributed by atoms with Gasteiger partial charge in [0.2, 0.25) is 0 Å². The Bertz CT molecular complexity index is 4440. The number of hydrogen-bond acceptors (Lipinski definition) is 20. The Morgan fingerprint density at radius 1 is 0.688 bits per heavy atom. The summed E-state index contributed by atoms with van der Waals surface area (Å²) < 4.78 is 87.4. The van der Waals surface area contributed by atoms with Gasteiger partial charge in [-0.15, -0.1) is 35.8 Å². The molecule has 8 aromatic rings. The van der Waals surface area contributed by atoms with Crippen LogP contribution in [0.5, 0.6) is 12.0 Å². The van der Waals surface area contributed by atoms with Gasteiger partial charge in [0.05, 0.1) is 30.6 Å². The van der Waals surface area contributed by atoms with Gasteiger partial charge in [0.15, 0.2) is 11.6 Å². The lowest BCUT2D eigenvalue weighted by Gasteiger charge is -2.36. The summed E-state index contributed by atoms with van der Waals surface area (Å²) in [6.07, 6.45) is 6.40. The minimum atomic E-state index is -0.832. The van der Waals surface area contributed by atoms with Crippen molar-refractivity contribution in [1.82, 2.24) is 40.0 Å². The van der Waals surface area contributed by atoms with Crippen molar-refractivity contribution in [2.75, 3.05) is 113 Å². The fourth-order valence-electron chi connectivity index (χ4n) is 12.5. The van der Waals surface area contributed by atoms with Gasteiger partial charge in [0.25, 0.3) is 0 Å². The number of nitrogens with one attached hydrogen (secondary N) is 2. The summed E-state index contributed by atoms with van der Waals surface area (Å²) in [7, 11) is 0. The van der Waals surface area contributed by atoms with Crippen molar-refractivity contribution in [3.8, 4) is 46.4 Å². The molecule has 12 rings (SSSR count). The van der Waals surface area contributed by atoms with E-state index in [2.05, 4.69) is 48.5 Å². The van der Waals surface area contributed by atoms with Gasteiger partial charge in [-0.05, 0) is 116 Å². The minimum Gasteiger partial charge on any atom is -0.462 e. The van der Waals surface area contributed by atoms with E-state index >= 15 is 13.2 Å². The zero-order valence-electron chi connectivity index (χ0n) is 53.9. The van der Waals surface area contributed by atoms with Gasteiger partial charge in [0, 0.05) is 110 Å². The number of ether oxygens (including phenoxy) is 4. The van der Waals surface area contributed by atoms with Crippen molar-refractivity contribution in [3.05, 3.63) is 106 Å². The highest BCUT2D eigenvalue weighted by Gasteiger charge is 2.34. The molecule has 0 radical (unpaired) electrons. The van der Waals surface area contributed by atoms with Crippen LogP contribution in [0.2, 0.25) is 10.0 Å². The number of carbonyl (C=O) groups excluding carboxylic acids is 2. The van der Waals surface area contributed by atoms with E-state index in [1.165, 1.54) is 18.2 Å². The van der Waals surface area contributed by atoms with Gasteiger partial charge in [-0.25, -0.2) is 27.2 Å². The van der Waals surface area contributed by atoms with Crippen LogP contribution in [0.15, 0.2) is 61.7 Å². The first kappa shape index (κ1) is 69.0. The summed E-state index contributed by atoms with van der Waals surface area (Å²) in [6.45, 7) is 26.3. The lowest BCUT2D eigenvalue weighted by molar-refractivity contribution is 0.0240. The van der Waals surface area contributed by atoms with Crippen LogP contribution in [0, 0.1) is 45.9 Å². The van der Waals surface area contributed by atoms with Gasteiger partial charge in [-0.1, -0.05) is 47.5 Å². The molecular weight excluding hydrogens is 1320 g/mol. The number of fused-ring (bicyclic) bond motifs is 4. The molecule has 4 saturated heterocycles. The Morgan fingerprint density at radius 2 is 1.16 bits per heavy atom. The van der Waals surface area contributed by atoms with Crippen molar-refractivity contribution in [2.45, 2.75) is 90.5 Å². The van der Waals surface area contributed by atoms with Crippen LogP contribution in [0.4, 0.5) is 48.8 Å². The maximum atomic E-state index is 17.2. The standard InChI is InChI=1S/C39H44ClF2N7O5S.C29H28ClF2N7OS/c1-8-13-47-14-9-10-22(47)21-52-35-44-31-24(33(45-35)48-15-17-49(18-16-48)37(51)54-39(5,6)7)19-26(40)29(30(31)42)23-11-12-27(41)32-28(23)25(20-43)34(55-32)46-36(50)53-38(2,3)4;1-2-9-38-10-3-4-16(38)15-40-29-36-25-18(28(37-29)39-11-7-35-8-12-39)13-20(30)23(24(25)32)17-5-6-21(31)26-22(17)19(14-33)27(34)41-26/h8,11-12,19,22H,1,9-10,13-18,21H2,2-7H3,(H,46,50);2,5-6,13,16,35H,1,3-4,7-12,15,34H2/t22-;16-/m00/s1. The number of nitriles is 2. The van der Waals surface area contributed by atoms with Crippen LogP contribution in [-0.2, 0) is 9.47 Å². The van der Waals surface area contributed by atoms with Crippen molar-refractivity contribution >= 4 is 122 Å². The van der Waals surface area contributed by atoms with Crippen molar-refractivity contribution in [1.29, 1.82) is 10.5 Å². The summed E-state index contributed by atoms with van der Waals surface area (Å²) in [4.78, 5) is 54.2. The summed E-state index contributed by atoms with van der Waals surface area (Å²) in [5, 5.41) is 27.2. The molecule has 0 aliphatic carbocycles. The molecule has 0 spiro atoms. The van der Waals surface area contributed by atoms with Gasteiger partial charge in [-0.3, -0.25) is 15.1 Å². The number of nitrogens with two attached hydrogens (primary N) is 1. The topological polar surface area (TPSA) is 236 Å². The molecule has 4 N–H and O–H groups in total. The number of carbonyl (C=O) groups is 2. The summed E-state index contributed by atoms with van der Waals surface area (Å²) in [5.41, 5.74) is 4.80. The molecular formula is C68H72Cl2F4N14O6S2. The van der Waals surface area contributed by atoms with E-state index in [-0.39, 0.29) is 115 Å². The van der Waals surface area contributed by atoms with E-state index in [4.69, 9.17) is 57.9 Å². The number of rotatable bonds is 15. The molecule has 4 aliphatic heterocycles. The van der Waals surface area contributed by atoms with Gasteiger partial charge in [-0.2, -0.15) is 30.5 Å². The van der Waals surface area contributed by atoms with Crippen molar-refractivity contribution < 1.29 is 46.1 Å². The number of nitrogens with zero attached hydrogens (tertiary/aromatic N) is 11. The molecule has 4 aromatic heterocycles. The highest BCUT2D eigenvalue weighted by atomic mass is 35.5. The molecule has 4 fully saturated rings. The van der Waals surface area contributed by atoms with Crippen LogP contribution >= 0.6 is 45.9 Å². The Hall–Kier alpha value is -8.34. The largest absolute Gasteiger partial charge is 0.462 e. The summed E-state index contributed by atoms with van der Waals surface area (Å²) in [5.74, 6) is -1.84.